The second-order valence-corrected chi connectivity index (χ2v) is 1.84. The molecule has 0 unspecified atom stereocenters. The molecule has 0 rings (SSSR count). The standard InChI is InChI=1S/C6H11NO/c1-5(7-3)4-6(2)8/h4H2,1-3H3/b7-5+. The quantitative estimate of drug-likeness (QED) is 0.492. The largest absolute Gasteiger partial charge is 0.300 e. The van der Waals surface area contributed by atoms with Gasteiger partial charge in [-0.2, -0.15) is 0 Å². The summed E-state index contributed by atoms with van der Waals surface area (Å²) in [7, 11) is 1.69. The molecule has 0 aliphatic carbocycles. The van der Waals surface area contributed by atoms with Gasteiger partial charge in [0.25, 0.3) is 0 Å². The van der Waals surface area contributed by atoms with E-state index in [2.05, 4.69) is 4.99 Å². The molecule has 0 aromatic rings. The average Bonchev–Trinajstić information content (AvgIpc) is 1.65. The fraction of sp³-hybridized carbons (Fsp3) is 0.667. The molecule has 0 aliphatic rings. The molecule has 2 heteroatoms. The summed E-state index contributed by atoms with van der Waals surface area (Å²) in [5.41, 5.74) is 0.900. The van der Waals surface area contributed by atoms with E-state index in [0.29, 0.717) is 6.42 Å². The van der Waals surface area contributed by atoms with Gasteiger partial charge in [0.2, 0.25) is 0 Å². The summed E-state index contributed by atoms with van der Waals surface area (Å²) in [4.78, 5) is 14.2. The molecule has 0 spiro atoms. The molecule has 46 valence electrons. The molecular formula is C6H11NO. The fourth-order valence-electron chi connectivity index (χ4n) is 0.439. The number of Topliss-reactive ketones (excluding diaryl/α,β-unsaturated/α-hetero) is 1. The molecule has 0 aromatic heterocycles. The summed E-state index contributed by atoms with van der Waals surface area (Å²) in [6.07, 6.45) is 0.497. The Morgan fingerprint density at radius 1 is 1.50 bits per heavy atom. The third-order valence-corrected chi connectivity index (χ3v) is 0.886. The molecule has 0 N–H and O–H groups in total. The van der Waals surface area contributed by atoms with Crippen LogP contribution in [-0.2, 0) is 4.79 Å². The van der Waals surface area contributed by atoms with E-state index in [4.69, 9.17) is 0 Å². The molecular weight excluding hydrogens is 102 g/mol. The number of rotatable bonds is 2. The van der Waals surface area contributed by atoms with E-state index < -0.39 is 0 Å². The zero-order chi connectivity index (χ0) is 6.57. The summed E-state index contributed by atoms with van der Waals surface area (Å²) in [6.45, 7) is 3.41. The Bertz CT molecular complexity index is 116. The average molecular weight is 113 g/mol. The van der Waals surface area contributed by atoms with Crippen LogP contribution in [0.3, 0.4) is 0 Å². The van der Waals surface area contributed by atoms with E-state index >= 15 is 0 Å². The van der Waals surface area contributed by atoms with Crippen molar-refractivity contribution in [1.29, 1.82) is 0 Å². The summed E-state index contributed by atoms with van der Waals surface area (Å²) in [5.74, 6) is 0.174. The van der Waals surface area contributed by atoms with Crippen LogP contribution in [0.2, 0.25) is 0 Å². The van der Waals surface area contributed by atoms with Crippen LogP contribution in [0.15, 0.2) is 4.99 Å². The van der Waals surface area contributed by atoms with Gasteiger partial charge in [-0.15, -0.1) is 0 Å². The lowest BCUT2D eigenvalue weighted by Crippen LogP contribution is -1.98. The van der Waals surface area contributed by atoms with Crippen molar-refractivity contribution in [2.75, 3.05) is 7.05 Å². The van der Waals surface area contributed by atoms with Crippen LogP contribution in [0.5, 0.6) is 0 Å². The molecule has 0 heterocycles. The molecule has 0 fully saturated rings. The minimum atomic E-state index is 0.174. The van der Waals surface area contributed by atoms with Gasteiger partial charge in [-0.05, 0) is 13.8 Å². The zero-order valence-corrected chi connectivity index (χ0v) is 5.56. The first-order chi connectivity index (χ1) is 3.66. The van der Waals surface area contributed by atoms with E-state index in [1.165, 1.54) is 0 Å². The van der Waals surface area contributed by atoms with Crippen LogP contribution >= 0.6 is 0 Å². The molecule has 0 saturated heterocycles. The minimum absolute atomic E-state index is 0.174. The second-order valence-electron chi connectivity index (χ2n) is 1.84. The second kappa shape index (κ2) is 3.36. The van der Waals surface area contributed by atoms with Crippen LogP contribution in [0.25, 0.3) is 0 Å². The lowest BCUT2D eigenvalue weighted by atomic mass is 10.2. The number of carbonyl (C=O) groups is 1. The van der Waals surface area contributed by atoms with Crippen LogP contribution in [-0.4, -0.2) is 18.5 Å². The zero-order valence-electron chi connectivity index (χ0n) is 5.56. The Kier molecular flexibility index (Phi) is 3.08. The minimum Gasteiger partial charge on any atom is -0.300 e. The van der Waals surface area contributed by atoms with E-state index in [9.17, 15) is 4.79 Å². The van der Waals surface area contributed by atoms with E-state index in [-0.39, 0.29) is 5.78 Å². The Hall–Kier alpha value is -0.660. The van der Waals surface area contributed by atoms with Gasteiger partial charge < -0.3 is 0 Å². The van der Waals surface area contributed by atoms with Crippen molar-refractivity contribution in [1.82, 2.24) is 0 Å². The molecule has 0 radical (unpaired) electrons. The van der Waals surface area contributed by atoms with Crippen LogP contribution in [0.1, 0.15) is 20.3 Å². The smallest absolute Gasteiger partial charge is 0.135 e. The van der Waals surface area contributed by atoms with Gasteiger partial charge in [-0.3, -0.25) is 9.79 Å². The highest BCUT2D eigenvalue weighted by molar-refractivity contribution is 5.99. The van der Waals surface area contributed by atoms with Crippen LogP contribution in [0, 0.1) is 0 Å². The number of carbonyl (C=O) groups excluding carboxylic acids is 1. The Labute approximate surface area is 49.6 Å². The third kappa shape index (κ3) is 3.53. The van der Waals surface area contributed by atoms with E-state index in [0.717, 1.165) is 5.71 Å². The molecule has 0 aromatic carbocycles. The summed E-state index contributed by atoms with van der Waals surface area (Å²) in [6, 6.07) is 0. The Balaban J connectivity index is 3.56. The predicted molar refractivity (Wildman–Crippen MR) is 34.3 cm³/mol. The van der Waals surface area contributed by atoms with Crippen molar-refractivity contribution in [3.05, 3.63) is 0 Å². The maximum absolute atomic E-state index is 10.3. The van der Waals surface area contributed by atoms with Gasteiger partial charge in [0.05, 0.1) is 0 Å². The van der Waals surface area contributed by atoms with Crippen molar-refractivity contribution in [2.24, 2.45) is 4.99 Å². The maximum Gasteiger partial charge on any atom is 0.135 e. The van der Waals surface area contributed by atoms with Gasteiger partial charge in [-0.1, -0.05) is 0 Å². The Morgan fingerprint density at radius 3 is 2.12 bits per heavy atom. The van der Waals surface area contributed by atoms with Crippen LogP contribution in [0.4, 0.5) is 0 Å². The Morgan fingerprint density at radius 2 is 2.00 bits per heavy atom. The van der Waals surface area contributed by atoms with Gasteiger partial charge >= 0.3 is 0 Å². The molecule has 8 heavy (non-hydrogen) atoms. The fourth-order valence-corrected chi connectivity index (χ4v) is 0.439. The first kappa shape index (κ1) is 7.34. The van der Waals surface area contributed by atoms with Gasteiger partial charge in [-0.25, -0.2) is 0 Å². The molecule has 0 amide bonds. The van der Waals surface area contributed by atoms with Gasteiger partial charge in [0.15, 0.2) is 0 Å². The third-order valence-electron chi connectivity index (χ3n) is 0.886. The van der Waals surface area contributed by atoms with Crippen molar-refractivity contribution < 1.29 is 4.79 Å². The number of hydrogen-bond acceptors (Lipinski definition) is 2. The van der Waals surface area contributed by atoms with E-state index in [1.54, 1.807) is 14.0 Å². The van der Waals surface area contributed by atoms with Crippen LogP contribution < -0.4 is 0 Å². The van der Waals surface area contributed by atoms with Gasteiger partial charge in [0.1, 0.15) is 5.78 Å². The lowest BCUT2D eigenvalue weighted by Gasteiger charge is -1.89. The summed E-state index contributed by atoms with van der Waals surface area (Å²) in [5, 5.41) is 0. The van der Waals surface area contributed by atoms with Crippen molar-refractivity contribution in [3.8, 4) is 0 Å². The van der Waals surface area contributed by atoms with Crippen molar-refractivity contribution >= 4 is 11.5 Å². The monoisotopic (exact) mass is 113 g/mol. The first-order valence-corrected chi connectivity index (χ1v) is 2.58. The highest BCUT2D eigenvalue weighted by Gasteiger charge is 1.92. The predicted octanol–water partition coefficient (Wildman–Crippen LogP) is 1.06. The highest BCUT2D eigenvalue weighted by atomic mass is 16.1. The van der Waals surface area contributed by atoms with Crippen molar-refractivity contribution in [2.45, 2.75) is 20.3 Å². The molecule has 2 nitrogen and oxygen atoms in total. The normalized spacial score (nSPS) is 11.6. The van der Waals surface area contributed by atoms with Crippen molar-refractivity contribution in [3.63, 3.8) is 0 Å². The first-order valence-electron chi connectivity index (χ1n) is 2.58. The topological polar surface area (TPSA) is 29.4 Å². The SMILES string of the molecule is C/N=C(\C)CC(C)=O. The number of hydrogen-bond donors (Lipinski definition) is 0. The summed E-state index contributed by atoms with van der Waals surface area (Å²) < 4.78 is 0. The molecule has 0 aliphatic heterocycles. The number of nitrogens with zero attached hydrogens (tertiary/aromatic N) is 1. The van der Waals surface area contributed by atoms with E-state index in [1.807, 2.05) is 6.92 Å². The number of aliphatic imine (C=N–C) groups is 1. The molecule has 0 bridgehead atoms. The maximum atomic E-state index is 10.3. The summed E-state index contributed by atoms with van der Waals surface area (Å²) >= 11 is 0. The number of ketones is 1. The molecule has 0 saturated carbocycles. The lowest BCUT2D eigenvalue weighted by molar-refractivity contribution is -0.115. The molecule has 0 atom stereocenters. The highest BCUT2D eigenvalue weighted by Crippen LogP contribution is 1.84. The van der Waals surface area contributed by atoms with Gasteiger partial charge in [0, 0.05) is 19.2 Å².